The van der Waals surface area contributed by atoms with Gasteiger partial charge in [0.1, 0.15) is 0 Å². The van der Waals surface area contributed by atoms with Crippen LogP contribution in [0.5, 0.6) is 0 Å². The van der Waals surface area contributed by atoms with Gasteiger partial charge in [0, 0.05) is 18.8 Å². The maximum Gasteiger partial charge on any atom is 0.243 e. The highest BCUT2D eigenvalue weighted by Crippen LogP contribution is 2.28. The molecular weight excluding hydrogens is 292 g/mol. The number of benzene rings is 1. The molecule has 1 saturated heterocycles. The smallest absolute Gasteiger partial charge is 0.243 e. The Morgan fingerprint density at radius 1 is 1.43 bits per heavy atom. The van der Waals surface area contributed by atoms with Crippen LogP contribution in [-0.2, 0) is 21.2 Å². The van der Waals surface area contributed by atoms with Crippen molar-refractivity contribution in [1.29, 1.82) is 0 Å². The van der Waals surface area contributed by atoms with E-state index in [4.69, 9.17) is 4.74 Å². The van der Waals surface area contributed by atoms with E-state index in [-0.39, 0.29) is 24.7 Å². The van der Waals surface area contributed by atoms with Gasteiger partial charge in [0.15, 0.2) is 0 Å². The van der Waals surface area contributed by atoms with E-state index < -0.39 is 16.1 Å². The monoisotopic (exact) mass is 312 g/mol. The van der Waals surface area contributed by atoms with Crippen molar-refractivity contribution in [2.75, 3.05) is 38.2 Å². The maximum absolute atomic E-state index is 12.8. The van der Waals surface area contributed by atoms with Crippen LogP contribution in [-0.4, -0.2) is 56.8 Å². The third kappa shape index (κ3) is 2.78. The number of fused-ring (bicyclic) bond motifs is 1. The number of hydrogen-bond donors (Lipinski definition) is 2. The molecule has 1 unspecified atom stereocenters. The van der Waals surface area contributed by atoms with Crippen LogP contribution in [0.2, 0.25) is 0 Å². The van der Waals surface area contributed by atoms with Gasteiger partial charge in [-0.1, -0.05) is 6.07 Å². The molecule has 0 aliphatic carbocycles. The molecule has 21 heavy (non-hydrogen) atoms. The lowest BCUT2D eigenvalue weighted by Gasteiger charge is -2.33. The Morgan fingerprint density at radius 2 is 2.29 bits per heavy atom. The van der Waals surface area contributed by atoms with Crippen molar-refractivity contribution in [3.63, 3.8) is 0 Å². The molecule has 2 aliphatic rings. The normalized spacial score (nSPS) is 23.4. The Hall–Kier alpha value is -1.15. The number of rotatable bonds is 3. The summed E-state index contributed by atoms with van der Waals surface area (Å²) >= 11 is 0. The number of nitrogens with zero attached hydrogens (tertiary/aromatic N) is 1. The number of aliphatic hydroxyl groups excluding tert-OH is 1. The van der Waals surface area contributed by atoms with Gasteiger partial charge in [-0.25, -0.2) is 8.42 Å². The van der Waals surface area contributed by atoms with E-state index in [1.807, 2.05) is 6.07 Å². The standard InChI is InChI=1S/C14H20N2O4S/c17-9-12-10-20-7-6-16(12)21(18,19)13-4-3-11-2-1-5-15-14(11)8-13/h3-4,8,12,15,17H,1-2,5-7,9-10H2. The zero-order valence-corrected chi connectivity index (χ0v) is 12.6. The summed E-state index contributed by atoms with van der Waals surface area (Å²) in [5.41, 5.74) is 2.05. The summed E-state index contributed by atoms with van der Waals surface area (Å²) in [5.74, 6) is 0. The number of hydrogen-bond acceptors (Lipinski definition) is 5. The van der Waals surface area contributed by atoms with Crippen molar-refractivity contribution in [1.82, 2.24) is 4.31 Å². The Balaban J connectivity index is 1.94. The first-order chi connectivity index (χ1) is 10.1. The summed E-state index contributed by atoms with van der Waals surface area (Å²) in [6, 6.07) is 4.73. The number of aryl methyl sites for hydroxylation is 1. The summed E-state index contributed by atoms with van der Waals surface area (Å²) in [5, 5.41) is 12.6. The first kappa shape index (κ1) is 14.8. The highest BCUT2D eigenvalue weighted by molar-refractivity contribution is 7.89. The van der Waals surface area contributed by atoms with Crippen molar-refractivity contribution < 1.29 is 18.3 Å². The highest BCUT2D eigenvalue weighted by Gasteiger charge is 2.34. The Bertz CT molecular complexity index is 617. The second-order valence-electron chi connectivity index (χ2n) is 5.38. The van der Waals surface area contributed by atoms with Crippen molar-refractivity contribution in [2.24, 2.45) is 0 Å². The minimum Gasteiger partial charge on any atom is -0.395 e. The maximum atomic E-state index is 12.8. The number of anilines is 1. The minimum atomic E-state index is -3.60. The minimum absolute atomic E-state index is 0.234. The van der Waals surface area contributed by atoms with E-state index >= 15 is 0 Å². The van der Waals surface area contributed by atoms with Gasteiger partial charge in [-0.05, 0) is 30.5 Å². The van der Waals surface area contributed by atoms with Crippen molar-refractivity contribution in [3.8, 4) is 0 Å². The van der Waals surface area contributed by atoms with Crippen LogP contribution < -0.4 is 5.32 Å². The van der Waals surface area contributed by atoms with Crippen LogP contribution in [0, 0.1) is 0 Å². The zero-order chi connectivity index (χ0) is 14.9. The molecule has 0 bridgehead atoms. The van der Waals surface area contributed by atoms with E-state index in [1.54, 1.807) is 12.1 Å². The van der Waals surface area contributed by atoms with Crippen LogP contribution in [0.4, 0.5) is 5.69 Å². The summed E-state index contributed by atoms with van der Waals surface area (Å²) in [7, 11) is -3.60. The molecule has 3 rings (SSSR count). The fraction of sp³-hybridized carbons (Fsp3) is 0.571. The number of nitrogens with one attached hydrogen (secondary N) is 1. The topological polar surface area (TPSA) is 78.9 Å². The van der Waals surface area contributed by atoms with Crippen LogP contribution >= 0.6 is 0 Å². The first-order valence-corrected chi connectivity index (χ1v) is 8.64. The third-order valence-corrected chi connectivity index (χ3v) is 5.96. The number of sulfonamides is 1. The molecule has 2 heterocycles. The van der Waals surface area contributed by atoms with E-state index in [0.29, 0.717) is 6.61 Å². The van der Waals surface area contributed by atoms with Crippen LogP contribution in [0.3, 0.4) is 0 Å². The molecule has 6 nitrogen and oxygen atoms in total. The molecule has 1 fully saturated rings. The second kappa shape index (κ2) is 5.92. The highest BCUT2D eigenvalue weighted by atomic mass is 32.2. The van der Waals surface area contributed by atoms with Gasteiger partial charge in [0.05, 0.1) is 30.8 Å². The lowest BCUT2D eigenvalue weighted by molar-refractivity contribution is 0.0109. The average molecular weight is 312 g/mol. The summed E-state index contributed by atoms with van der Waals surface area (Å²) < 4.78 is 32.1. The lowest BCUT2D eigenvalue weighted by atomic mass is 10.0. The van der Waals surface area contributed by atoms with Gasteiger partial charge < -0.3 is 15.2 Å². The number of ether oxygens (including phenoxy) is 1. The fourth-order valence-corrected chi connectivity index (χ4v) is 4.45. The molecule has 1 aromatic carbocycles. The SMILES string of the molecule is O=S(=O)(c1ccc2c(c1)NCCC2)N1CCOCC1CO. The Kier molecular flexibility index (Phi) is 4.17. The largest absolute Gasteiger partial charge is 0.395 e. The van der Waals surface area contributed by atoms with Crippen molar-refractivity contribution in [2.45, 2.75) is 23.8 Å². The zero-order valence-electron chi connectivity index (χ0n) is 11.8. The number of morpholine rings is 1. The van der Waals surface area contributed by atoms with Crippen molar-refractivity contribution in [3.05, 3.63) is 23.8 Å². The van der Waals surface area contributed by atoms with Gasteiger partial charge in [-0.15, -0.1) is 0 Å². The molecule has 0 spiro atoms. The Morgan fingerprint density at radius 3 is 3.10 bits per heavy atom. The average Bonchev–Trinajstić information content (AvgIpc) is 2.54. The molecule has 1 atom stereocenters. The van der Waals surface area contributed by atoms with Crippen LogP contribution in [0.25, 0.3) is 0 Å². The Labute approximate surface area is 124 Å². The predicted octanol–water partition coefficient (Wildman–Crippen LogP) is 0.426. The van der Waals surface area contributed by atoms with Gasteiger partial charge >= 0.3 is 0 Å². The molecule has 0 radical (unpaired) electrons. The van der Waals surface area contributed by atoms with E-state index in [1.165, 1.54) is 4.31 Å². The molecule has 0 saturated carbocycles. The second-order valence-corrected chi connectivity index (χ2v) is 7.27. The van der Waals surface area contributed by atoms with Crippen LogP contribution in [0.15, 0.2) is 23.1 Å². The van der Waals surface area contributed by atoms with E-state index in [0.717, 1.165) is 30.6 Å². The summed E-state index contributed by atoms with van der Waals surface area (Å²) in [4.78, 5) is 0.274. The molecule has 2 aliphatic heterocycles. The summed E-state index contributed by atoms with van der Waals surface area (Å²) in [6.45, 7) is 1.51. The molecular formula is C14H20N2O4S. The van der Waals surface area contributed by atoms with E-state index in [9.17, 15) is 13.5 Å². The number of aliphatic hydroxyl groups is 1. The third-order valence-electron chi connectivity index (χ3n) is 4.01. The fourth-order valence-electron chi connectivity index (χ4n) is 2.84. The molecule has 0 aromatic heterocycles. The van der Waals surface area contributed by atoms with Gasteiger partial charge in [-0.3, -0.25) is 0 Å². The molecule has 7 heteroatoms. The quantitative estimate of drug-likeness (QED) is 0.846. The lowest BCUT2D eigenvalue weighted by Crippen LogP contribution is -2.50. The molecule has 2 N–H and O–H groups in total. The van der Waals surface area contributed by atoms with E-state index in [2.05, 4.69) is 5.32 Å². The van der Waals surface area contributed by atoms with Crippen LogP contribution in [0.1, 0.15) is 12.0 Å². The predicted molar refractivity (Wildman–Crippen MR) is 78.8 cm³/mol. The van der Waals surface area contributed by atoms with Gasteiger partial charge in [-0.2, -0.15) is 4.31 Å². The van der Waals surface area contributed by atoms with Gasteiger partial charge in [0.25, 0.3) is 0 Å². The van der Waals surface area contributed by atoms with Gasteiger partial charge in [0.2, 0.25) is 10.0 Å². The molecule has 1 aromatic rings. The molecule has 0 amide bonds. The van der Waals surface area contributed by atoms with Crippen molar-refractivity contribution >= 4 is 15.7 Å². The first-order valence-electron chi connectivity index (χ1n) is 7.20. The molecule has 116 valence electrons. The summed E-state index contributed by atoms with van der Waals surface area (Å²) in [6.07, 6.45) is 2.04.